The molecule has 0 unspecified atom stereocenters. The zero-order valence-electron chi connectivity index (χ0n) is 7.05. The van der Waals surface area contributed by atoms with E-state index in [0.29, 0.717) is 0 Å². The minimum atomic E-state index is -4.48. The zero-order chi connectivity index (χ0) is 11.6. The molecular weight excluding hydrogens is 237 g/mol. The van der Waals surface area contributed by atoms with Gasteiger partial charge in [-0.2, -0.15) is 13.2 Å². The predicted molar refractivity (Wildman–Crippen MR) is 43.8 cm³/mol. The Balaban J connectivity index is 3.03. The maximum atomic E-state index is 11.9. The molecule has 0 radical (unpaired) electrons. The highest BCUT2D eigenvalue weighted by molar-refractivity contribution is 6.33. The molecule has 0 saturated carbocycles. The van der Waals surface area contributed by atoms with Crippen molar-refractivity contribution in [1.29, 1.82) is 0 Å². The van der Waals surface area contributed by atoms with E-state index < -0.39 is 30.1 Å². The molecule has 0 amide bonds. The second kappa shape index (κ2) is 4.01. The number of carbonyl (C=O) groups is 1. The normalized spacial score (nSPS) is 11.5. The monoisotopic (exact) mass is 240 g/mol. The Labute approximate surface area is 86.7 Å². The quantitative estimate of drug-likeness (QED) is 0.858. The minimum Gasteiger partial charge on any atom is -0.476 e. The van der Waals surface area contributed by atoms with Gasteiger partial charge in [-0.15, -0.1) is 0 Å². The lowest BCUT2D eigenvalue weighted by molar-refractivity contribution is -0.128. The van der Waals surface area contributed by atoms with Gasteiger partial charge < -0.3 is 5.11 Å². The van der Waals surface area contributed by atoms with Crippen LogP contribution in [0.2, 0.25) is 5.02 Å². The van der Waals surface area contributed by atoms with Crippen molar-refractivity contribution in [3.05, 3.63) is 22.7 Å². The van der Waals surface area contributed by atoms with Gasteiger partial charge in [0.1, 0.15) is 12.2 Å². The van der Waals surface area contributed by atoms with Crippen molar-refractivity contribution in [1.82, 2.24) is 9.97 Å². The van der Waals surface area contributed by atoms with Crippen LogP contribution in [-0.2, 0) is 6.42 Å². The molecule has 1 aromatic rings. The molecule has 1 aromatic heterocycles. The van der Waals surface area contributed by atoms with Crippen LogP contribution in [0.3, 0.4) is 0 Å². The van der Waals surface area contributed by atoms with Gasteiger partial charge in [-0.05, 0) is 0 Å². The summed E-state index contributed by atoms with van der Waals surface area (Å²) in [5, 5.41) is 8.23. The Bertz CT molecular complexity index is 394. The van der Waals surface area contributed by atoms with Gasteiger partial charge in [-0.25, -0.2) is 14.8 Å². The van der Waals surface area contributed by atoms with E-state index in [0.717, 1.165) is 6.20 Å². The molecule has 8 heteroatoms. The highest BCUT2D eigenvalue weighted by Gasteiger charge is 2.30. The second-order valence-electron chi connectivity index (χ2n) is 2.58. The van der Waals surface area contributed by atoms with Gasteiger partial charge in [0.15, 0.2) is 5.69 Å². The Hall–Kier alpha value is -1.37. The van der Waals surface area contributed by atoms with E-state index >= 15 is 0 Å². The number of aromatic carboxylic acids is 1. The largest absolute Gasteiger partial charge is 0.476 e. The standard InChI is InChI=1S/C7H4ClF3N2O2/c8-3-2-12-4(1-7(9,10)11)13-5(3)6(14)15/h2H,1H2,(H,14,15). The number of alkyl halides is 3. The smallest absolute Gasteiger partial charge is 0.396 e. The molecule has 82 valence electrons. The summed E-state index contributed by atoms with van der Waals surface area (Å²) in [6.45, 7) is 0. The highest BCUT2D eigenvalue weighted by atomic mass is 35.5. The molecule has 0 spiro atoms. The van der Waals surface area contributed by atoms with E-state index in [1.165, 1.54) is 0 Å². The van der Waals surface area contributed by atoms with Crippen molar-refractivity contribution in [2.24, 2.45) is 0 Å². The van der Waals surface area contributed by atoms with Gasteiger partial charge in [0.2, 0.25) is 0 Å². The topological polar surface area (TPSA) is 63.1 Å². The highest BCUT2D eigenvalue weighted by Crippen LogP contribution is 2.20. The summed E-state index contributed by atoms with van der Waals surface area (Å²) < 4.78 is 35.7. The summed E-state index contributed by atoms with van der Waals surface area (Å²) in [4.78, 5) is 17.0. The third-order valence-corrected chi connectivity index (χ3v) is 1.63. The van der Waals surface area contributed by atoms with Crippen molar-refractivity contribution < 1.29 is 23.1 Å². The Morgan fingerprint density at radius 3 is 2.60 bits per heavy atom. The van der Waals surface area contributed by atoms with Crippen LogP contribution in [0.15, 0.2) is 6.20 Å². The van der Waals surface area contributed by atoms with E-state index in [1.54, 1.807) is 0 Å². The van der Waals surface area contributed by atoms with Crippen LogP contribution < -0.4 is 0 Å². The Morgan fingerprint density at radius 2 is 2.13 bits per heavy atom. The second-order valence-corrected chi connectivity index (χ2v) is 2.99. The fraction of sp³-hybridized carbons (Fsp3) is 0.286. The van der Waals surface area contributed by atoms with Gasteiger partial charge >= 0.3 is 12.1 Å². The van der Waals surface area contributed by atoms with Crippen molar-refractivity contribution in [3.63, 3.8) is 0 Å². The summed E-state index contributed by atoms with van der Waals surface area (Å²) in [6, 6.07) is 0. The molecule has 1 rings (SSSR count). The average Bonchev–Trinajstić information content (AvgIpc) is 2.05. The molecule has 0 aliphatic rings. The van der Waals surface area contributed by atoms with Crippen molar-refractivity contribution >= 4 is 17.6 Å². The number of hydrogen-bond donors (Lipinski definition) is 1. The summed E-state index contributed by atoms with van der Waals surface area (Å²) in [5.74, 6) is -2.12. The van der Waals surface area contributed by atoms with Crippen LogP contribution >= 0.6 is 11.6 Å². The maximum Gasteiger partial charge on any atom is 0.396 e. The first-order valence-corrected chi connectivity index (χ1v) is 3.99. The van der Waals surface area contributed by atoms with Crippen LogP contribution in [0.1, 0.15) is 16.3 Å². The number of carboxylic acid groups (broad SMARTS) is 1. The number of nitrogens with zero attached hydrogens (tertiary/aromatic N) is 2. The first kappa shape index (κ1) is 11.7. The summed E-state index contributed by atoms with van der Waals surface area (Å²) in [7, 11) is 0. The molecule has 0 saturated heterocycles. The van der Waals surface area contributed by atoms with Crippen LogP contribution in [0.25, 0.3) is 0 Å². The third kappa shape index (κ3) is 3.35. The fourth-order valence-electron chi connectivity index (χ4n) is 0.818. The molecule has 0 aliphatic carbocycles. The van der Waals surface area contributed by atoms with Crippen LogP contribution in [0, 0.1) is 0 Å². The first-order chi connectivity index (χ1) is 6.79. The van der Waals surface area contributed by atoms with Crippen molar-refractivity contribution in [2.45, 2.75) is 12.6 Å². The average molecular weight is 241 g/mol. The molecular formula is C7H4ClF3N2O2. The number of rotatable bonds is 2. The summed E-state index contributed by atoms with van der Waals surface area (Å²) >= 11 is 5.38. The zero-order valence-corrected chi connectivity index (χ0v) is 7.80. The van der Waals surface area contributed by atoms with Gasteiger partial charge in [0.25, 0.3) is 0 Å². The lowest BCUT2D eigenvalue weighted by atomic mass is 10.3. The molecule has 4 nitrogen and oxygen atoms in total. The third-order valence-electron chi connectivity index (χ3n) is 1.36. The fourth-order valence-corrected chi connectivity index (χ4v) is 0.990. The van der Waals surface area contributed by atoms with E-state index in [2.05, 4.69) is 9.97 Å². The van der Waals surface area contributed by atoms with Gasteiger partial charge in [0, 0.05) is 0 Å². The van der Waals surface area contributed by atoms with E-state index in [4.69, 9.17) is 16.7 Å². The summed E-state index contributed by atoms with van der Waals surface area (Å²) in [5.41, 5.74) is -0.633. The van der Waals surface area contributed by atoms with Crippen LogP contribution in [0.4, 0.5) is 13.2 Å². The lowest BCUT2D eigenvalue weighted by Gasteiger charge is -2.05. The number of hydrogen-bond acceptors (Lipinski definition) is 3. The van der Waals surface area contributed by atoms with Crippen LogP contribution in [-0.4, -0.2) is 27.2 Å². The first-order valence-electron chi connectivity index (χ1n) is 3.61. The number of carboxylic acids is 1. The Kier molecular flexibility index (Phi) is 3.13. The minimum absolute atomic E-state index is 0.298. The van der Waals surface area contributed by atoms with Gasteiger partial charge in [-0.3, -0.25) is 0 Å². The summed E-state index contributed by atoms with van der Waals surface area (Å²) in [6.07, 6.45) is -5.03. The van der Waals surface area contributed by atoms with E-state index in [1.807, 2.05) is 0 Å². The molecule has 0 aromatic carbocycles. The molecule has 0 aliphatic heterocycles. The van der Waals surface area contributed by atoms with Gasteiger partial charge in [-0.1, -0.05) is 11.6 Å². The van der Waals surface area contributed by atoms with Gasteiger partial charge in [0.05, 0.1) is 11.2 Å². The maximum absolute atomic E-state index is 11.9. The molecule has 1 N–H and O–H groups in total. The SMILES string of the molecule is O=C(O)c1nc(CC(F)(F)F)ncc1Cl. The number of aromatic nitrogens is 2. The molecule has 15 heavy (non-hydrogen) atoms. The predicted octanol–water partition coefficient (Wildman–Crippen LogP) is 1.93. The van der Waals surface area contributed by atoms with Crippen molar-refractivity contribution in [3.8, 4) is 0 Å². The number of halogens is 4. The molecule has 1 heterocycles. The lowest BCUT2D eigenvalue weighted by Crippen LogP contribution is -2.16. The van der Waals surface area contributed by atoms with E-state index in [-0.39, 0.29) is 5.02 Å². The Morgan fingerprint density at radius 1 is 1.53 bits per heavy atom. The van der Waals surface area contributed by atoms with Crippen LogP contribution in [0.5, 0.6) is 0 Å². The molecule has 0 bridgehead atoms. The van der Waals surface area contributed by atoms with E-state index in [9.17, 15) is 18.0 Å². The molecule has 0 fully saturated rings. The van der Waals surface area contributed by atoms with Crippen molar-refractivity contribution in [2.75, 3.05) is 0 Å². The molecule has 0 atom stereocenters.